The zero-order valence-corrected chi connectivity index (χ0v) is 15.1. The van der Waals surface area contributed by atoms with E-state index in [0.717, 1.165) is 24.9 Å². The number of likely N-dealkylation sites (tertiary alicyclic amines) is 1. The summed E-state index contributed by atoms with van der Waals surface area (Å²) in [4.78, 5) is 27.1. The van der Waals surface area contributed by atoms with Crippen LogP contribution in [0.2, 0.25) is 0 Å². The first-order valence-corrected chi connectivity index (χ1v) is 8.87. The molecule has 0 aliphatic carbocycles. The minimum atomic E-state index is -0.802. The molecular weight excluding hydrogens is 320 g/mol. The second-order valence-corrected chi connectivity index (χ2v) is 6.92. The fraction of sp³-hybridized carbons (Fsp3) is 0.579. The first-order chi connectivity index (χ1) is 12.0. The van der Waals surface area contributed by atoms with Crippen molar-refractivity contribution >= 4 is 12.1 Å². The fourth-order valence-electron chi connectivity index (χ4n) is 3.21. The minimum absolute atomic E-state index is 0.0399. The summed E-state index contributed by atoms with van der Waals surface area (Å²) in [5.74, 6) is -0.525. The van der Waals surface area contributed by atoms with Gasteiger partial charge in [-0.05, 0) is 44.7 Å². The highest BCUT2D eigenvalue weighted by Crippen LogP contribution is 2.19. The maximum Gasteiger partial charge on any atom is 0.410 e. The number of rotatable bonds is 7. The molecule has 0 spiro atoms. The van der Waals surface area contributed by atoms with E-state index in [-0.39, 0.29) is 31.2 Å². The molecule has 1 atom stereocenters. The Morgan fingerprint density at radius 1 is 1.32 bits per heavy atom. The molecule has 0 radical (unpaired) electrons. The largest absolute Gasteiger partial charge is 0.480 e. The maximum absolute atomic E-state index is 12.5. The van der Waals surface area contributed by atoms with Crippen molar-refractivity contribution < 1.29 is 19.4 Å². The zero-order chi connectivity index (χ0) is 18.2. The van der Waals surface area contributed by atoms with Gasteiger partial charge in [0.2, 0.25) is 0 Å². The Kier molecular flexibility index (Phi) is 7.25. The van der Waals surface area contributed by atoms with Crippen LogP contribution in [0.4, 0.5) is 4.79 Å². The van der Waals surface area contributed by atoms with Crippen LogP contribution in [0, 0.1) is 5.92 Å². The van der Waals surface area contributed by atoms with E-state index in [9.17, 15) is 9.59 Å². The number of carboxylic acid groups (broad SMARTS) is 1. The molecule has 138 valence electrons. The Morgan fingerprint density at radius 2 is 2.04 bits per heavy atom. The molecule has 25 heavy (non-hydrogen) atoms. The summed E-state index contributed by atoms with van der Waals surface area (Å²) in [5, 5.41) is 8.96. The van der Waals surface area contributed by atoms with Gasteiger partial charge >= 0.3 is 12.1 Å². The van der Waals surface area contributed by atoms with Crippen LogP contribution in [0.1, 0.15) is 32.3 Å². The van der Waals surface area contributed by atoms with Crippen LogP contribution in [0.25, 0.3) is 0 Å². The Bertz CT molecular complexity index is 562. The highest BCUT2D eigenvalue weighted by atomic mass is 16.6. The summed E-state index contributed by atoms with van der Waals surface area (Å²) in [5.41, 5.74) is 0.963. The van der Waals surface area contributed by atoms with E-state index in [2.05, 4.69) is 0 Å². The zero-order valence-electron chi connectivity index (χ0n) is 15.1. The molecule has 1 saturated heterocycles. The number of carbonyl (C=O) groups excluding carboxylic acids is 1. The van der Waals surface area contributed by atoms with Crippen LogP contribution < -0.4 is 0 Å². The maximum atomic E-state index is 12.5. The summed E-state index contributed by atoms with van der Waals surface area (Å²) in [7, 11) is 0. The minimum Gasteiger partial charge on any atom is -0.480 e. The molecule has 1 fully saturated rings. The Morgan fingerprint density at radius 3 is 2.68 bits per heavy atom. The first-order valence-electron chi connectivity index (χ1n) is 8.87. The van der Waals surface area contributed by atoms with Crippen molar-refractivity contribution in [3.8, 4) is 0 Å². The molecular formula is C19H28N2O4. The van der Waals surface area contributed by atoms with Gasteiger partial charge in [-0.1, -0.05) is 30.3 Å². The third-order valence-corrected chi connectivity index (χ3v) is 4.48. The van der Waals surface area contributed by atoms with Crippen molar-refractivity contribution in [1.82, 2.24) is 9.80 Å². The summed E-state index contributed by atoms with van der Waals surface area (Å²) in [6, 6.07) is 9.66. The van der Waals surface area contributed by atoms with Crippen molar-refractivity contribution in [3.63, 3.8) is 0 Å². The molecule has 6 heteroatoms. The summed E-state index contributed by atoms with van der Waals surface area (Å²) >= 11 is 0. The molecule has 0 saturated carbocycles. The van der Waals surface area contributed by atoms with Crippen LogP contribution >= 0.6 is 0 Å². The molecule has 1 amide bonds. The van der Waals surface area contributed by atoms with Crippen molar-refractivity contribution in [2.45, 2.75) is 39.3 Å². The van der Waals surface area contributed by atoms with Gasteiger partial charge in [-0.2, -0.15) is 0 Å². The molecule has 1 aliphatic rings. The normalized spacial score (nSPS) is 18.1. The Balaban J connectivity index is 1.88. The summed E-state index contributed by atoms with van der Waals surface area (Å²) in [6.45, 7) is 6.39. The average molecular weight is 348 g/mol. The second kappa shape index (κ2) is 9.42. The van der Waals surface area contributed by atoms with Gasteiger partial charge in [0.05, 0.1) is 6.54 Å². The third kappa shape index (κ3) is 6.38. The smallest absolute Gasteiger partial charge is 0.410 e. The van der Waals surface area contributed by atoms with Crippen LogP contribution in [0.5, 0.6) is 0 Å². The third-order valence-electron chi connectivity index (χ3n) is 4.48. The molecule has 6 nitrogen and oxygen atoms in total. The van der Waals surface area contributed by atoms with Gasteiger partial charge in [0.25, 0.3) is 0 Å². The van der Waals surface area contributed by atoms with Crippen LogP contribution in [-0.4, -0.2) is 59.2 Å². The van der Waals surface area contributed by atoms with Gasteiger partial charge in [-0.25, -0.2) is 4.79 Å². The summed E-state index contributed by atoms with van der Waals surface area (Å²) < 4.78 is 5.46. The molecule has 0 unspecified atom stereocenters. The highest BCUT2D eigenvalue weighted by Gasteiger charge is 2.27. The first kappa shape index (κ1) is 19.2. The molecule has 0 aromatic heterocycles. The van der Waals surface area contributed by atoms with E-state index in [0.29, 0.717) is 13.1 Å². The van der Waals surface area contributed by atoms with E-state index in [1.54, 1.807) is 4.90 Å². The predicted octanol–water partition coefficient (Wildman–Crippen LogP) is 2.83. The molecule has 1 aromatic rings. The van der Waals surface area contributed by atoms with E-state index in [1.165, 1.54) is 0 Å². The van der Waals surface area contributed by atoms with Gasteiger partial charge in [0, 0.05) is 19.1 Å². The number of hydrogen-bond acceptors (Lipinski definition) is 4. The lowest BCUT2D eigenvalue weighted by molar-refractivity contribution is -0.138. The number of nitrogens with zero attached hydrogens (tertiary/aromatic N) is 2. The van der Waals surface area contributed by atoms with Gasteiger partial charge < -0.3 is 14.7 Å². The molecule has 2 rings (SSSR count). The SMILES string of the molecule is CC(C)N(C[C@H]1CCCN(CC(=O)O)C1)C(=O)OCc1ccccc1. The van der Waals surface area contributed by atoms with E-state index >= 15 is 0 Å². The van der Waals surface area contributed by atoms with Crippen molar-refractivity contribution in [3.05, 3.63) is 35.9 Å². The topological polar surface area (TPSA) is 70.1 Å². The molecule has 1 heterocycles. The van der Waals surface area contributed by atoms with E-state index in [1.807, 2.05) is 49.1 Å². The Hall–Kier alpha value is -2.08. The average Bonchev–Trinajstić information content (AvgIpc) is 2.58. The van der Waals surface area contributed by atoms with E-state index < -0.39 is 5.97 Å². The standard InChI is InChI=1S/C19H28N2O4/c1-15(2)21(19(24)25-14-16-7-4-3-5-8-16)12-17-9-6-10-20(11-17)13-18(22)23/h3-5,7-8,15,17H,6,9-14H2,1-2H3,(H,22,23)/t17-/m0/s1. The van der Waals surface area contributed by atoms with Gasteiger partial charge in [-0.15, -0.1) is 0 Å². The predicted molar refractivity (Wildman–Crippen MR) is 95.3 cm³/mol. The van der Waals surface area contributed by atoms with Gasteiger partial charge in [0.15, 0.2) is 0 Å². The summed E-state index contributed by atoms with van der Waals surface area (Å²) in [6.07, 6.45) is 1.66. The van der Waals surface area contributed by atoms with Crippen LogP contribution in [-0.2, 0) is 16.1 Å². The van der Waals surface area contributed by atoms with Crippen molar-refractivity contribution in [2.24, 2.45) is 5.92 Å². The number of hydrogen-bond donors (Lipinski definition) is 1. The van der Waals surface area contributed by atoms with Crippen LogP contribution in [0.15, 0.2) is 30.3 Å². The lowest BCUT2D eigenvalue weighted by atomic mass is 9.97. The van der Waals surface area contributed by atoms with E-state index in [4.69, 9.17) is 9.84 Å². The lowest BCUT2D eigenvalue weighted by Gasteiger charge is -2.36. The van der Waals surface area contributed by atoms with Gasteiger partial charge in [-0.3, -0.25) is 9.69 Å². The van der Waals surface area contributed by atoms with Gasteiger partial charge in [0.1, 0.15) is 6.61 Å². The quantitative estimate of drug-likeness (QED) is 0.820. The Labute approximate surface area is 149 Å². The highest BCUT2D eigenvalue weighted by molar-refractivity contribution is 5.69. The number of carboxylic acids is 1. The fourth-order valence-corrected chi connectivity index (χ4v) is 3.21. The number of aliphatic carboxylic acids is 1. The lowest BCUT2D eigenvalue weighted by Crippen LogP contribution is -2.46. The number of piperidine rings is 1. The molecule has 1 N–H and O–H groups in total. The number of benzene rings is 1. The number of amides is 1. The monoisotopic (exact) mass is 348 g/mol. The molecule has 1 aromatic carbocycles. The van der Waals surface area contributed by atoms with Crippen LogP contribution in [0.3, 0.4) is 0 Å². The number of ether oxygens (including phenoxy) is 1. The molecule has 0 bridgehead atoms. The van der Waals surface area contributed by atoms with Crippen molar-refractivity contribution in [2.75, 3.05) is 26.2 Å². The van der Waals surface area contributed by atoms with Crippen molar-refractivity contribution in [1.29, 1.82) is 0 Å². The molecule has 1 aliphatic heterocycles. The second-order valence-electron chi connectivity index (χ2n) is 6.92. The number of carbonyl (C=O) groups is 2.